The quantitative estimate of drug-likeness (QED) is 0.715. The Kier molecular flexibility index (Phi) is 4.97. The van der Waals surface area contributed by atoms with Gasteiger partial charge in [-0.05, 0) is 37.1 Å². The van der Waals surface area contributed by atoms with Gasteiger partial charge in [-0.1, -0.05) is 0 Å². The third-order valence-electron chi connectivity index (χ3n) is 3.98. The molecule has 4 N–H and O–H groups in total. The molecule has 0 aliphatic heterocycles. The van der Waals surface area contributed by atoms with Gasteiger partial charge in [0.1, 0.15) is 11.6 Å². The zero-order valence-electron chi connectivity index (χ0n) is 15.3. The molecule has 0 unspecified atom stereocenters. The predicted octanol–water partition coefficient (Wildman–Crippen LogP) is 2.16. The van der Waals surface area contributed by atoms with Crippen molar-refractivity contribution in [1.29, 1.82) is 0 Å². The normalized spacial score (nSPS) is 11.2. The third-order valence-corrected chi connectivity index (χ3v) is 3.98. The van der Waals surface area contributed by atoms with Gasteiger partial charge < -0.3 is 20.9 Å². The van der Waals surface area contributed by atoms with Crippen molar-refractivity contribution < 1.29 is 9.47 Å². The van der Waals surface area contributed by atoms with E-state index in [4.69, 9.17) is 20.9 Å². The van der Waals surface area contributed by atoms with E-state index in [9.17, 15) is 0 Å². The van der Waals surface area contributed by atoms with Crippen LogP contribution in [-0.2, 0) is 22.7 Å². The fraction of sp³-hybridized carbons (Fsp3) is 0.333. The summed E-state index contributed by atoms with van der Waals surface area (Å²) in [6.07, 6.45) is 0. The van der Waals surface area contributed by atoms with Crippen molar-refractivity contribution >= 4 is 22.7 Å². The van der Waals surface area contributed by atoms with Crippen LogP contribution in [-0.4, -0.2) is 34.2 Å². The smallest absolute Gasteiger partial charge is 0.168 e. The first-order valence-electron chi connectivity index (χ1n) is 8.12. The minimum absolute atomic E-state index is 0.327. The molecule has 3 aromatic heterocycles. The predicted molar refractivity (Wildman–Crippen MR) is 100 cm³/mol. The van der Waals surface area contributed by atoms with Gasteiger partial charge in [-0.15, -0.1) is 0 Å². The summed E-state index contributed by atoms with van der Waals surface area (Å²) in [5.41, 5.74) is 16.9. The lowest BCUT2D eigenvalue weighted by atomic mass is 10.1. The Morgan fingerprint density at radius 1 is 0.808 bits per heavy atom. The maximum absolute atomic E-state index is 6.24. The van der Waals surface area contributed by atoms with E-state index in [0.717, 1.165) is 22.5 Å². The SMILES string of the molecule is COCc1cc(C)nc(N)c1-c1nc(N)c2c(COC)cc(C)nc2n1. The van der Waals surface area contributed by atoms with Crippen molar-refractivity contribution in [2.45, 2.75) is 27.1 Å². The minimum Gasteiger partial charge on any atom is -0.383 e. The molecule has 0 radical (unpaired) electrons. The van der Waals surface area contributed by atoms with Gasteiger partial charge in [-0.2, -0.15) is 0 Å². The van der Waals surface area contributed by atoms with E-state index >= 15 is 0 Å². The minimum atomic E-state index is 0.327. The second-order valence-electron chi connectivity index (χ2n) is 6.10. The van der Waals surface area contributed by atoms with Gasteiger partial charge in [0.2, 0.25) is 0 Å². The van der Waals surface area contributed by atoms with Crippen molar-refractivity contribution in [2.24, 2.45) is 0 Å². The number of aromatic nitrogens is 4. The Morgan fingerprint density at radius 2 is 1.42 bits per heavy atom. The second kappa shape index (κ2) is 7.19. The molecule has 0 atom stereocenters. The highest BCUT2D eigenvalue weighted by Crippen LogP contribution is 2.31. The molecule has 8 heteroatoms. The molecule has 3 rings (SSSR count). The maximum atomic E-state index is 6.24. The fourth-order valence-electron chi connectivity index (χ4n) is 3.05. The summed E-state index contributed by atoms with van der Waals surface area (Å²) in [7, 11) is 3.25. The molecule has 0 saturated carbocycles. The molecule has 0 aliphatic carbocycles. The first kappa shape index (κ1) is 18.0. The fourth-order valence-corrected chi connectivity index (χ4v) is 3.05. The summed E-state index contributed by atoms with van der Waals surface area (Å²) in [6, 6.07) is 3.82. The van der Waals surface area contributed by atoms with Crippen molar-refractivity contribution in [3.63, 3.8) is 0 Å². The van der Waals surface area contributed by atoms with Crippen molar-refractivity contribution in [2.75, 3.05) is 25.7 Å². The number of hydrogen-bond donors (Lipinski definition) is 2. The molecule has 0 aromatic carbocycles. The molecule has 0 bridgehead atoms. The molecular weight excluding hydrogens is 332 g/mol. The van der Waals surface area contributed by atoms with Crippen molar-refractivity contribution in [1.82, 2.24) is 19.9 Å². The number of nitrogens with two attached hydrogens (primary N) is 2. The number of anilines is 2. The molecule has 0 fully saturated rings. The highest BCUT2D eigenvalue weighted by molar-refractivity contribution is 5.91. The van der Waals surface area contributed by atoms with Gasteiger partial charge in [0.25, 0.3) is 0 Å². The molecule has 0 amide bonds. The molecule has 0 saturated heterocycles. The molecule has 3 aromatic rings. The average molecular weight is 354 g/mol. The zero-order valence-corrected chi connectivity index (χ0v) is 15.3. The van der Waals surface area contributed by atoms with Crippen LogP contribution in [0, 0.1) is 13.8 Å². The Morgan fingerprint density at radius 3 is 2.12 bits per heavy atom. The number of hydrogen-bond acceptors (Lipinski definition) is 8. The largest absolute Gasteiger partial charge is 0.383 e. The Bertz CT molecular complexity index is 974. The summed E-state index contributed by atoms with van der Waals surface area (Å²) in [4.78, 5) is 17.9. The first-order valence-corrected chi connectivity index (χ1v) is 8.12. The van der Waals surface area contributed by atoms with Crippen molar-refractivity contribution in [3.8, 4) is 11.4 Å². The van der Waals surface area contributed by atoms with E-state index in [1.165, 1.54) is 0 Å². The molecule has 3 heterocycles. The van der Waals surface area contributed by atoms with Gasteiger partial charge in [-0.3, -0.25) is 0 Å². The summed E-state index contributed by atoms with van der Waals surface area (Å²) in [5.74, 6) is 1.04. The van der Waals surface area contributed by atoms with Crippen LogP contribution in [0.4, 0.5) is 11.6 Å². The van der Waals surface area contributed by atoms with Crippen LogP contribution in [0.3, 0.4) is 0 Å². The van der Waals surface area contributed by atoms with E-state index in [1.54, 1.807) is 14.2 Å². The number of aryl methyl sites for hydroxylation is 2. The van der Waals surface area contributed by atoms with Gasteiger partial charge in [-0.25, -0.2) is 19.9 Å². The number of nitrogens with zero attached hydrogens (tertiary/aromatic N) is 4. The molecule has 0 aliphatic rings. The van der Waals surface area contributed by atoms with Crippen LogP contribution in [0.15, 0.2) is 12.1 Å². The van der Waals surface area contributed by atoms with E-state index in [1.807, 2.05) is 26.0 Å². The zero-order chi connectivity index (χ0) is 18.8. The molecule has 26 heavy (non-hydrogen) atoms. The summed E-state index contributed by atoms with van der Waals surface area (Å²) in [6.45, 7) is 4.53. The summed E-state index contributed by atoms with van der Waals surface area (Å²) >= 11 is 0. The van der Waals surface area contributed by atoms with E-state index in [0.29, 0.717) is 47.3 Å². The monoisotopic (exact) mass is 354 g/mol. The summed E-state index contributed by atoms with van der Waals surface area (Å²) < 4.78 is 10.5. The van der Waals surface area contributed by atoms with Gasteiger partial charge in [0.15, 0.2) is 11.5 Å². The topological polar surface area (TPSA) is 122 Å². The number of methoxy groups -OCH3 is 2. The summed E-state index contributed by atoms with van der Waals surface area (Å²) in [5, 5.41) is 0.688. The molecule has 136 valence electrons. The van der Waals surface area contributed by atoms with Gasteiger partial charge >= 0.3 is 0 Å². The molecule has 0 spiro atoms. The van der Waals surface area contributed by atoms with E-state index in [2.05, 4.69) is 19.9 Å². The maximum Gasteiger partial charge on any atom is 0.168 e. The highest BCUT2D eigenvalue weighted by Gasteiger charge is 2.18. The first-order chi connectivity index (χ1) is 12.4. The standard InChI is InChI=1S/C18H22N6O2/c1-9-5-11(7-25-3)13(15(19)21-9)18-23-16(20)14-12(8-26-4)6-10(2)22-17(14)24-18/h5-6H,7-8H2,1-4H3,(H2,19,21)(H2,20,22,23,24). The second-order valence-corrected chi connectivity index (χ2v) is 6.10. The lowest BCUT2D eigenvalue weighted by Gasteiger charge is -2.14. The van der Waals surface area contributed by atoms with Gasteiger partial charge in [0.05, 0.1) is 24.2 Å². The lowest BCUT2D eigenvalue weighted by Crippen LogP contribution is -2.08. The van der Waals surface area contributed by atoms with Crippen LogP contribution in [0.5, 0.6) is 0 Å². The highest BCUT2D eigenvalue weighted by atomic mass is 16.5. The number of nitrogen functional groups attached to an aromatic ring is 2. The number of fused-ring (bicyclic) bond motifs is 1. The van der Waals surface area contributed by atoms with Crippen LogP contribution in [0.1, 0.15) is 22.5 Å². The van der Waals surface area contributed by atoms with Crippen LogP contribution >= 0.6 is 0 Å². The Hall–Kier alpha value is -2.84. The van der Waals surface area contributed by atoms with Gasteiger partial charge in [0, 0.05) is 25.6 Å². The van der Waals surface area contributed by atoms with E-state index < -0.39 is 0 Å². The average Bonchev–Trinajstić information content (AvgIpc) is 2.53. The number of pyridine rings is 2. The third kappa shape index (κ3) is 3.29. The van der Waals surface area contributed by atoms with Crippen LogP contribution in [0.25, 0.3) is 22.4 Å². The number of rotatable bonds is 5. The lowest BCUT2D eigenvalue weighted by molar-refractivity contribution is 0.185. The Balaban J connectivity index is 2.28. The van der Waals surface area contributed by atoms with Crippen LogP contribution in [0.2, 0.25) is 0 Å². The molecule has 8 nitrogen and oxygen atoms in total. The van der Waals surface area contributed by atoms with Crippen molar-refractivity contribution in [3.05, 3.63) is 34.6 Å². The van der Waals surface area contributed by atoms with E-state index in [-0.39, 0.29) is 0 Å². The van der Waals surface area contributed by atoms with Crippen LogP contribution < -0.4 is 11.5 Å². The number of ether oxygens (including phenoxy) is 2. The molecular formula is C18H22N6O2. The Labute approximate surface area is 151 Å².